The third-order valence-electron chi connectivity index (χ3n) is 5.34. The van der Waals surface area contributed by atoms with E-state index in [0.29, 0.717) is 0 Å². The van der Waals surface area contributed by atoms with E-state index >= 15 is 0 Å². The Kier molecular flexibility index (Phi) is 20.7. The molecule has 0 aliphatic carbocycles. The fraction of sp³-hybridized carbons (Fsp3) is 1.00. The average molecular weight is 1000 g/mol. The van der Waals surface area contributed by atoms with E-state index in [1.165, 1.54) is 0 Å². The first kappa shape index (κ1) is 52.6. The fourth-order valence-corrected chi connectivity index (χ4v) is 7.37. The van der Waals surface area contributed by atoms with E-state index in [1.807, 2.05) is 0 Å². The van der Waals surface area contributed by atoms with Crippen molar-refractivity contribution in [1.82, 2.24) is 0 Å². The van der Waals surface area contributed by atoms with Gasteiger partial charge in [0.05, 0.1) is 19.8 Å². The van der Waals surface area contributed by atoms with Gasteiger partial charge in [0.25, 0.3) is 0 Å². The van der Waals surface area contributed by atoms with Gasteiger partial charge in [-0.1, -0.05) is 0 Å². The van der Waals surface area contributed by atoms with Crippen LogP contribution in [-0.2, 0) is 145 Å². The number of hydrogen-bond donors (Lipinski definition) is 9. The van der Waals surface area contributed by atoms with Crippen molar-refractivity contribution < 1.29 is 147 Å². The van der Waals surface area contributed by atoms with E-state index in [1.54, 1.807) is 0 Å². The van der Waals surface area contributed by atoms with Gasteiger partial charge in [0.1, 0.15) is 42.7 Å². The highest BCUT2D eigenvalue weighted by Gasteiger charge is 2.55. The summed E-state index contributed by atoms with van der Waals surface area (Å²) in [5.74, 6) is 0. The largest absolute Gasteiger partial charge is 0.397 e. The molecular weight excluding hydrogens is 977 g/mol. The van der Waals surface area contributed by atoms with E-state index in [0.717, 1.165) is 0 Å². The van der Waals surface area contributed by atoms with Crippen LogP contribution in [0.15, 0.2) is 0 Å². The molecule has 4 unspecified atom stereocenters. The minimum absolute atomic E-state index is 1.48. The minimum Gasteiger partial charge on any atom is -0.341 e. The van der Waals surface area contributed by atoms with Gasteiger partial charge >= 0.3 is 97.4 Å². The van der Waals surface area contributed by atoms with Crippen molar-refractivity contribution in [2.75, 3.05) is 19.8 Å². The van der Waals surface area contributed by atoms with Crippen molar-refractivity contribution in [2.24, 2.45) is 0 Å². The molecule has 1 rings (SSSR count). The molecule has 0 aromatic heterocycles. The standard InChI is InChI=1S/C12H24O34S9/c13-47(14)36-1-4-8(42-49(17)18)10(43-50(19)20)11(46-55(33,34)35)12(39-4)40-7(6(44-53(27,28)29)3-38-52(24,25)26)9(45-54(30,31)32)5(41-48(15)16)2-37-51(21,22)23/h4-12H,1-3H2,(H,13,14)(H,15,16)(H,17,18)(H,19,20)(H,21,22,23)(H,24,25,26)(H,27,28,29)(H,30,31,32)(H,33,34,35)/t4-,5+,6-,7-,8+,9-,10+,11-,12+/m1/s1. The number of ether oxygens (including phenoxy) is 2. The molecule has 0 aromatic carbocycles. The van der Waals surface area contributed by atoms with Crippen molar-refractivity contribution in [2.45, 2.75) is 55.1 Å². The molecule has 1 heterocycles. The second kappa shape index (κ2) is 21.7. The van der Waals surface area contributed by atoms with Gasteiger partial charge in [-0.15, -0.1) is 0 Å². The van der Waals surface area contributed by atoms with Gasteiger partial charge < -0.3 is 9.47 Å². The Hall–Kier alpha value is -0.450. The van der Waals surface area contributed by atoms with Gasteiger partial charge in [-0.2, -0.15) is 58.9 Å². The van der Waals surface area contributed by atoms with Crippen molar-refractivity contribution in [3.63, 3.8) is 0 Å². The quantitative estimate of drug-likeness (QED) is 0.0288. The minimum atomic E-state index is -6.24. The topological polar surface area (TPSA) is 523 Å². The first-order valence-corrected chi connectivity index (χ1v) is 23.2. The maximum Gasteiger partial charge on any atom is 0.397 e. The average Bonchev–Trinajstić information content (AvgIpc) is 2.93. The van der Waals surface area contributed by atoms with Crippen LogP contribution < -0.4 is 0 Å². The molecule has 0 bridgehead atoms. The second-order valence-corrected chi connectivity index (χ2v) is 16.9. The monoisotopic (exact) mass is 1000 g/mol. The van der Waals surface area contributed by atoms with Crippen molar-refractivity contribution in [3.8, 4) is 0 Å². The van der Waals surface area contributed by atoms with Crippen LogP contribution in [0, 0.1) is 0 Å². The van der Waals surface area contributed by atoms with Crippen LogP contribution in [0.5, 0.6) is 0 Å². The molecule has 43 heteroatoms. The highest BCUT2D eigenvalue weighted by molar-refractivity contribution is 7.82. The van der Waals surface area contributed by atoms with E-state index in [4.69, 9.17) is 23.1 Å². The summed E-state index contributed by atoms with van der Waals surface area (Å²) >= 11 is -14.5. The molecule has 1 aliphatic rings. The van der Waals surface area contributed by atoms with Crippen LogP contribution in [0.2, 0.25) is 0 Å². The van der Waals surface area contributed by atoms with Crippen LogP contribution in [0.3, 0.4) is 0 Å². The molecule has 0 radical (unpaired) electrons. The van der Waals surface area contributed by atoms with Crippen molar-refractivity contribution in [3.05, 3.63) is 0 Å². The van der Waals surface area contributed by atoms with Crippen molar-refractivity contribution in [1.29, 1.82) is 0 Å². The smallest absolute Gasteiger partial charge is 0.341 e. The third kappa shape index (κ3) is 22.5. The van der Waals surface area contributed by atoms with E-state index < -0.39 is 172 Å². The molecule has 330 valence electrons. The summed E-state index contributed by atoms with van der Waals surface area (Å²) in [6.07, 6.45) is -27.5. The summed E-state index contributed by atoms with van der Waals surface area (Å²) in [5, 5.41) is 0. The van der Waals surface area contributed by atoms with Gasteiger partial charge in [-0.25, -0.2) is 20.9 Å². The summed E-state index contributed by atoms with van der Waals surface area (Å²) in [6.45, 7) is -5.68. The lowest BCUT2D eigenvalue weighted by Gasteiger charge is -2.45. The number of hydrogen-bond acceptors (Lipinski definition) is 25. The van der Waals surface area contributed by atoms with Gasteiger partial charge in [0, 0.05) is 0 Å². The predicted octanol–water partition coefficient (Wildman–Crippen LogP) is -5.98. The molecule has 13 atom stereocenters. The van der Waals surface area contributed by atoms with Crippen LogP contribution in [-0.4, -0.2) is 175 Å². The lowest BCUT2D eigenvalue weighted by Crippen LogP contribution is -2.64. The summed E-state index contributed by atoms with van der Waals surface area (Å²) in [4.78, 5) is 0. The summed E-state index contributed by atoms with van der Waals surface area (Å²) in [5.41, 5.74) is 0. The Bertz CT molecular complexity index is 1920. The van der Waals surface area contributed by atoms with Gasteiger partial charge in [0.15, 0.2) is 12.4 Å². The molecule has 1 aliphatic heterocycles. The molecular formula is C12H24O34S9. The Labute approximate surface area is 318 Å². The van der Waals surface area contributed by atoms with Gasteiger partial charge in [-0.05, 0) is 0 Å². The highest BCUT2D eigenvalue weighted by Crippen LogP contribution is 2.34. The molecule has 9 N–H and O–H groups in total. The lowest BCUT2D eigenvalue weighted by atomic mass is 9.98. The fourth-order valence-electron chi connectivity index (χ4n) is 3.83. The van der Waals surface area contributed by atoms with Gasteiger partial charge in [0.2, 0.25) is 0 Å². The molecule has 1 saturated heterocycles. The van der Waals surface area contributed by atoms with Gasteiger partial charge in [-0.3, -0.25) is 57.7 Å². The predicted molar refractivity (Wildman–Crippen MR) is 161 cm³/mol. The van der Waals surface area contributed by atoms with Crippen LogP contribution in [0.1, 0.15) is 0 Å². The van der Waals surface area contributed by atoms with E-state index in [9.17, 15) is 86.2 Å². The molecule has 55 heavy (non-hydrogen) atoms. The molecule has 0 saturated carbocycles. The number of rotatable bonds is 26. The summed E-state index contributed by atoms with van der Waals surface area (Å²) in [7, 11) is -30.0. The first-order chi connectivity index (χ1) is 24.7. The first-order valence-electron chi connectivity index (χ1n) is 12.3. The lowest BCUT2D eigenvalue weighted by molar-refractivity contribution is -0.312. The molecule has 34 nitrogen and oxygen atoms in total. The Morgan fingerprint density at radius 3 is 1.42 bits per heavy atom. The molecule has 0 amide bonds. The molecule has 0 aromatic rings. The SMILES string of the molecule is O=S(O)OC[C@H]1O[C@@H](O[C@@H]([C@H](OS(=O)(=O)O)[C@H](COS(=O)(=O)O)OS(=O)O)[C@@H](COS(=O)(=O)O)OS(=O)(=O)O)[C@H](OS(=O)(=O)O)[C@@H](OS(=O)O)[C@H]1OS(=O)O. The Balaban J connectivity index is 4.37. The second-order valence-electron chi connectivity index (χ2n) is 9.02. The maximum absolute atomic E-state index is 11.9. The summed E-state index contributed by atoms with van der Waals surface area (Å²) < 4.78 is 294. The summed E-state index contributed by atoms with van der Waals surface area (Å²) in [6, 6.07) is 0. The zero-order valence-corrected chi connectivity index (χ0v) is 32.6. The maximum atomic E-state index is 11.9. The van der Waals surface area contributed by atoms with Crippen molar-refractivity contribution >= 4 is 97.4 Å². The zero-order chi connectivity index (χ0) is 42.9. The van der Waals surface area contributed by atoms with Crippen LogP contribution >= 0.6 is 0 Å². The van der Waals surface area contributed by atoms with Crippen LogP contribution in [0.4, 0.5) is 0 Å². The highest BCUT2D eigenvalue weighted by atomic mass is 32.3. The van der Waals surface area contributed by atoms with E-state index in [2.05, 4.69) is 37.6 Å². The third-order valence-corrected chi connectivity index (χ3v) is 9.15. The molecule has 1 fully saturated rings. The zero-order valence-electron chi connectivity index (χ0n) is 25.2. The van der Waals surface area contributed by atoms with Crippen LogP contribution in [0.25, 0.3) is 0 Å². The Morgan fingerprint density at radius 2 is 1.02 bits per heavy atom. The van der Waals surface area contributed by atoms with E-state index in [-0.39, 0.29) is 0 Å². The normalized spacial score (nSPS) is 26.3. The molecule has 0 spiro atoms. The Morgan fingerprint density at radius 1 is 0.545 bits per heavy atom.